The highest BCUT2D eigenvalue weighted by Gasteiger charge is 2.29. The Morgan fingerprint density at radius 3 is 2.50 bits per heavy atom. The van der Waals surface area contributed by atoms with Gasteiger partial charge in [0.05, 0.1) is 11.0 Å². The van der Waals surface area contributed by atoms with Crippen LogP contribution in [-0.4, -0.2) is 9.97 Å². The highest BCUT2D eigenvalue weighted by molar-refractivity contribution is 5.74. The number of aromatic nitrogens is 2. The molecule has 3 atom stereocenters. The zero-order valence-electron chi connectivity index (χ0n) is 11.5. The first-order valence-electron chi connectivity index (χ1n) is 7.08. The fourth-order valence-corrected chi connectivity index (χ4v) is 3.29. The van der Waals surface area contributed by atoms with Crippen molar-refractivity contribution in [3.8, 4) is 0 Å². The zero-order chi connectivity index (χ0) is 14.3. The largest absolute Gasteiger partial charge is 0.324 e. The molecule has 1 aromatic heterocycles. The number of benzene rings is 1. The Hall–Kier alpha value is -1.88. The number of H-pyrrole nitrogens is 2. The molecule has 3 unspecified atom stereocenters. The monoisotopic (exact) mass is 273 g/mol. The highest BCUT2D eigenvalue weighted by Crippen LogP contribution is 2.38. The normalized spacial score (nSPS) is 24.1. The molecule has 1 saturated carbocycles. The molecular formula is C15H19N3O2. The Morgan fingerprint density at radius 2 is 1.85 bits per heavy atom. The van der Waals surface area contributed by atoms with Crippen molar-refractivity contribution in [3.63, 3.8) is 0 Å². The number of fused-ring (bicyclic) bond motifs is 1. The van der Waals surface area contributed by atoms with Gasteiger partial charge in [-0.25, -0.2) is 0 Å². The molecule has 1 fully saturated rings. The van der Waals surface area contributed by atoms with Crippen molar-refractivity contribution in [2.45, 2.75) is 32.2 Å². The molecule has 0 radical (unpaired) electrons. The third-order valence-corrected chi connectivity index (χ3v) is 4.52. The van der Waals surface area contributed by atoms with E-state index in [0.717, 1.165) is 12.0 Å². The molecule has 20 heavy (non-hydrogen) atoms. The van der Waals surface area contributed by atoms with Crippen LogP contribution < -0.4 is 16.9 Å². The maximum Gasteiger partial charge on any atom is 0.314 e. The first-order chi connectivity index (χ1) is 9.56. The zero-order valence-corrected chi connectivity index (χ0v) is 11.5. The van der Waals surface area contributed by atoms with Crippen molar-refractivity contribution < 1.29 is 0 Å². The van der Waals surface area contributed by atoms with Gasteiger partial charge in [-0.2, -0.15) is 0 Å². The van der Waals surface area contributed by atoms with Gasteiger partial charge in [0, 0.05) is 6.04 Å². The first kappa shape index (κ1) is 13.1. The average molecular weight is 273 g/mol. The molecule has 5 nitrogen and oxygen atoms in total. The smallest absolute Gasteiger partial charge is 0.314 e. The van der Waals surface area contributed by atoms with Crippen LogP contribution >= 0.6 is 0 Å². The molecule has 1 aromatic carbocycles. The molecule has 0 bridgehead atoms. The second-order valence-electron chi connectivity index (χ2n) is 5.81. The van der Waals surface area contributed by atoms with E-state index in [1.165, 1.54) is 12.8 Å². The van der Waals surface area contributed by atoms with E-state index in [-0.39, 0.29) is 6.04 Å². The fraction of sp³-hybridized carbons (Fsp3) is 0.467. The van der Waals surface area contributed by atoms with Gasteiger partial charge >= 0.3 is 11.1 Å². The van der Waals surface area contributed by atoms with Gasteiger partial charge in [-0.1, -0.05) is 25.8 Å². The van der Waals surface area contributed by atoms with Crippen LogP contribution in [0.4, 0.5) is 0 Å². The van der Waals surface area contributed by atoms with Gasteiger partial charge in [0.25, 0.3) is 0 Å². The molecule has 5 heteroatoms. The summed E-state index contributed by atoms with van der Waals surface area (Å²) in [5, 5.41) is 0. The van der Waals surface area contributed by atoms with Crippen molar-refractivity contribution in [3.05, 3.63) is 44.5 Å². The lowest BCUT2D eigenvalue weighted by molar-refractivity contribution is 0.351. The second kappa shape index (κ2) is 4.90. The minimum Gasteiger partial charge on any atom is -0.324 e. The van der Waals surface area contributed by atoms with Crippen LogP contribution in [-0.2, 0) is 0 Å². The van der Waals surface area contributed by atoms with Gasteiger partial charge in [0.1, 0.15) is 0 Å². The molecule has 1 aliphatic carbocycles. The molecule has 2 aromatic rings. The summed E-state index contributed by atoms with van der Waals surface area (Å²) in [6, 6.07) is 5.60. The summed E-state index contributed by atoms with van der Waals surface area (Å²) in [5.74, 6) is 1.12. The summed E-state index contributed by atoms with van der Waals surface area (Å²) in [5.41, 5.74) is 7.41. The quantitative estimate of drug-likeness (QED) is 0.726. The topological polar surface area (TPSA) is 91.7 Å². The van der Waals surface area contributed by atoms with Crippen molar-refractivity contribution in [1.82, 2.24) is 9.97 Å². The molecule has 0 aliphatic heterocycles. The summed E-state index contributed by atoms with van der Waals surface area (Å²) < 4.78 is 0. The van der Waals surface area contributed by atoms with Crippen LogP contribution in [0.5, 0.6) is 0 Å². The second-order valence-corrected chi connectivity index (χ2v) is 5.81. The summed E-state index contributed by atoms with van der Waals surface area (Å²) in [7, 11) is 0. The van der Waals surface area contributed by atoms with Gasteiger partial charge in [-0.05, 0) is 36.0 Å². The Balaban J connectivity index is 2.02. The van der Waals surface area contributed by atoms with Gasteiger partial charge in [-0.3, -0.25) is 9.59 Å². The van der Waals surface area contributed by atoms with E-state index < -0.39 is 11.1 Å². The lowest BCUT2D eigenvalue weighted by Gasteiger charge is -2.23. The lowest BCUT2D eigenvalue weighted by atomic mass is 9.86. The Kier molecular flexibility index (Phi) is 3.22. The van der Waals surface area contributed by atoms with Crippen LogP contribution in [0.2, 0.25) is 0 Å². The molecule has 0 saturated heterocycles. The number of rotatable bonds is 2. The molecule has 3 rings (SSSR count). The van der Waals surface area contributed by atoms with E-state index in [1.807, 2.05) is 18.2 Å². The van der Waals surface area contributed by atoms with Crippen LogP contribution in [0.3, 0.4) is 0 Å². The number of nitrogens with two attached hydrogens (primary N) is 1. The summed E-state index contributed by atoms with van der Waals surface area (Å²) in [6.45, 7) is 2.25. The first-order valence-corrected chi connectivity index (χ1v) is 7.08. The SMILES string of the molecule is CC1CCCC1C(N)c1ccc2[nH]c(=O)c(=O)[nH]c2c1. The number of hydrogen-bond donors (Lipinski definition) is 3. The van der Waals surface area contributed by atoms with E-state index in [2.05, 4.69) is 16.9 Å². The predicted molar refractivity (Wildman–Crippen MR) is 78.6 cm³/mol. The summed E-state index contributed by atoms with van der Waals surface area (Å²) in [6.07, 6.45) is 3.62. The molecular weight excluding hydrogens is 254 g/mol. The van der Waals surface area contributed by atoms with E-state index in [4.69, 9.17) is 5.73 Å². The minimum absolute atomic E-state index is 0.0210. The van der Waals surface area contributed by atoms with Gasteiger partial charge in [0.15, 0.2) is 0 Å². The van der Waals surface area contributed by atoms with Gasteiger partial charge in [0.2, 0.25) is 0 Å². The molecule has 4 N–H and O–H groups in total. The van der Waals surface area contributed by atoms with E-state index in [9.17, 15) is 9.59 Å². The lowest BCUT2D eigenvalue weighted by Crippen LogP contribution is -2.29. The average Bonchev–Trinajstić information content (AvgIpc) is 2.85. The number of aromatic amines is 2. The van der Waals surface area contributed by atoms with Crippen molar-refractivity contribution >= 4 is 11.0 Å². The highest BCUT2D eigenvalue weighted by atomic mass is 16.2. The maximum absolute atomic E-state index is 11.4. The Labute approximate surface area is 116 Å². The van der Waals surface area contributed by atoms with Crippen molar-refractivity contribution in [1.29, 1.82) is 0 Å². The summed E-state index contributed by atoms with van der Waals surface area (Å²) >= 11 is 0. The van der Waals surface area contributed by atoms with E-state index in [1.54, 1.807) is 0 Å². The predicted octanol–water partition coefficient (Wildman–Crippen LogP) is 1.65. The van der Waals surface area contributed by atoms with E-state index >= 15 is 0 Å². The molecule has 0 amide bonds. The van der Waals surface area contributed by atoms with E-state index in [0.29, 0.717) is 22.9 Å². The third-order valence-electron chi connectivity index (χ3n) is 4.52. The molecule has 1 aliphatic rings. The Morgan fingerprint density at radius 1 is 1.15 bits per heavy atom. The fourth-order valence-electron chi connectivity index (χ4n) is 3.29. The third kappa shape index (κ3) is 2.18. The number of hydrogen-bond acceptors (Lipinski definition) is 3. The van der Waals surface area contributed by atoms with Crippen LogP contribution in [0.1, 0.15) is 37.8 Å². The van der Waals surface area contributed by atoms with Crippen molar-refractivity contribution in [2.24, 2.45) is 17.6 Å². The van der Waals surface area contributed by atoms with Crippen LogP contribution in [0, 0.1) is 11.8 Å². The summed E-state index contributed by atoms with van der Waals surface area (Å²) in [4.78, 5) is 27.8. The van der Waals surface area contributed by atoms with Crippen LogP contribution in [0.25, 0.3) is 11.0 Å². The van der Waals surface area contributed by atoms with Crippen molar-refractivity contribution in [2.75, 3.05) is 0 Å². The number of nitrogens with one attached hydrogen (secondary N) is 2. The van der Waals surface area contributed by atoms with Gasteiger partial charge < -0.3 is 15.7 Å². The van der Waals surface area contributed by atoms with Crippen LogP contribution in [0.15, 0.2) is 27.8 Å². The standard InChI is InChI=1S/C15H19N3O2/c1-8-3-2-4-10(8)13(16)9-5-6-11-12(7-9)18-15(20)14(19)17-11/h5-8,10,13H,2-4,16H2,1H3,(H,17,19)(H,18,20). The minimum atomic E-state index is -0.627. The molecule has 106 valence electrons. The maximum atomic E-state index is 11.4. The van der Waals surface area contributed by atoms with Gasteiger partial charge in [-0.15, -0.1) is 0 Å². The molecule has 0 spiro atoms. The Bertz CT molecular complexity index is 747. The molecule has 1 heterocycles.